The molecule has 1 aromatic rings. The lowest BCUT2D eigenvalue weighted by Gasteiger charge is -1.87. The Kier molecular flexibility index (Phi) is 9.36. The van der Waals surface area contributed by atoms with Crippen LogP contribution in [0.3, 0.4) is 0 Å². The standard InChI is InChI=1S/C9H7ClO.2ClH/c10-9(11)7-6-8-4-2-1-3-5-8;;/h1-7H;2*1H/b7-6+;;. The summed E-state index contributed by atoms with van der Waals surface area (Å²) in [4.78, 5) is 10.3. The second-order valence-corrected chi connectivity index (χ2v) is 2.42. The fourth-order valence-corrected chi connectivity index (χ4v) is 0.789. The molecule has 0 amide bonds. The predicted molar refractivity (Wildman–Crippen MR) is 60.8 cm³/mol. The van der Waals surface area contributed by atoms with Crippen LogP contribution in [0.2, 0.25) is 0 Å². The summed E-state index contributed by atoms with van der Waals surface area (Å²) in [6.45, 7) is 0. The lowest BCUT2D eigenvalue weighted by Crippen LogP contribution is -1.75. The van der Waals surface area contributed by atoms with Crippen LogP contribution in [0.5, 0.6) is 0 Å². The molecule has 0 fully saturated rings. The molecule has 0 aliphatic carbocycles. The van der Waals surface area contributed by atoms with Crippen LogP contribution in [-0.4, -0.2) is 5.24 Å². The van der Waals surface area contributed by atoms with Gasteiger partial charge in [-0.1, -0.05) is 36.4 Å². The van der Waals surface area contributed by atoms with Gasteiger partial charge < -0.3 is 0 Å². The molecule has 0 aliphatic rings. The zero-order valence-electron chi connectivity index (χ0n) is 6.64. The first-order valence-corrected chi connectivity index (χ1v) is 3.59. The van der Waals surface area contributed by atoms with Crippen LogP contribution in [0.25, 0.3) is 6.08 Å². The van der Waals surface area contributed by atoms with Gasteiger partial charge in [0, 0.05) is 0 Å². The molecule has 0 bridgehead atoms. The van der Waals surface area contributed by atoms with Crippen molar-refractivity contribution in [3.8, 4) is 0 Å². The molecule has 72 valence electrons. The molecule has 0 heterocycles. The lowest BCUT2D eigenvalue weighted by molar-refractivity contribution is -0.107. The number of allylic oxidation sites excluding steroid dienone is 1. The molecule has 0 aromatic heterocycles. The number of carbonyl (C=O) groups excluding carboxylic acids is 1. The van der Waals surface area contributed by atoms with E-state index < -0.39 is 5.24 Å². The highest BCUT2D eigenvalue weighted by Gasteiger charge is 1.85. The largest absolute Gasteiger partial charge is 0.276 e. The Morgan fingerprint density at radius 3 is 2.15 bits per heavy atom. The van der Waals surface area contributed by atoms with Crippen LogP contribution < -0.4 is 0 Å². The fourth-order valence-electron chi connectivity index (χ4n) is 0.726. The maximum absolute atomic E-state index is 10.3. The summed E-state index contributed by atoms with van der Waals surface area (Å²) in [5.41, 5.74) is 0.974. The Morgan fingerprint density at radius 2 is 1.69 bits per heavy atom. The van der Waals surface area contributed by atoms with Gasteiger partial charge in [-0.15, -0.1) is 24.8 Å². The highest BCUT2D eigenvalue weighted by atomic mass is 35.5. The second-order valence-electron chi connectivity index (χ2n) is 2.05. The van der Waals surface area contributed by atoms with Gasteiger partial charge >= 0.3 is 0 Å². The lowest BCUT2D eigenvalue weighted by atomic mass is 10.2. The molecular weight excluding hydrogens is 230 g/mol. The number of hydrogen-bond donors (Lipinski definition) is 0. The molecule has 1 rings (SSSR count). The Hall–Kier alpha value is -0.500. The molecule has 0 N–H and O–H groups in total. The monoisotopic (exact) mass is 238 g/mol. The molecule has 0 saturated heterocycles. The van der Waals surface area contributed by atoms with Gasteiger partial charge in [-0.3, -0.25) is 4.79 Å². The summed E-state index contributed by atoms with van der Waals surface area (Å²) in [5.74, 6) is 0. The third-order valence-corrected chi connectivity index (χ3v) is 1.33. The molecule has 13 heavy (non-hydrogen) atoms. The smallest absolute Gasteiger partial charge is 0.245 e. The normalized spacial score (nSPS) is 8.69. The number of benzene rings is 1. The summed E-state index contributed by atoms with van der Waals surface area (Å²) < 4.78 is 0. The van der Waals surface area contributed by atoms with E-state index in [4.69, 9.17) is 11.6 Å². The first kappa shape index (κ1) is 15.0. The highest BCUT2D eigenvalue weighted by Crippen LogP contribution is 2.01. The number of carbonyl (C=O) groups is 1. The van der Waals surface area contributed by atoms with Crippen molar-refractivity contribution in [2.45, 2.75) is 0 Å². The van der Waals surface area contributed by atoms with Crippen molar-refractivity contribution < 1.29 is 4.79 Å². The molecule has 1 nitrogen and oxygen atoms in total. The molecule has 0 saturated carbocycles. The molecular formula is C9H9Cl3O. The minimum absolute atomic E-state index is 0. The van der Waals surface area contributed by atoms with Crippen LogP contribution >= 0.6 is 36.4 Å². The van der Waals surface area contributed by atoms with E-state index in [0.29, 0.717) is 0 Å². The molecule has 4 heteroatoms. The Balaban J connectivity index is 0. The predicted octanol–water partition coefficient (Wildman–Crippen LogP) is 3.31. The van der Waals surface area contributed by atoms with E-state index >= 15 is 0 Å². The molecule has 0 unspecified atom stereocenters. The van der Waals surface area contributed by atoms with Gasteiger partial charge in [-0.25, -0.2) is 0 Å². The Morgan fingerprint density at radius 1 is 1.15 bits per heavy atom. The van der Waals surface area contributed by atoms with Crippen molar-refractivity contribution >= 4 is 47.7 Å². The van der Waals surface area contributed by atoms with Crippen LogP contribution in [0.1, 0.15) is 5.56 Å². The van der Waals surface area contributed by atoms with Gasteiger partial charge in [0.2, 0.25) is 5.24 Å². The van der Waals surface area contributed by atoms with E-state index in [1.54, 1.807) is 6.08 Å². The number of hydrogen-bond acceptors (Lipinski definition) is 1. The van der Waals surface area contributed by atoms with Gasteiger partial charge in [-0.2, -0.15) is 0 Å². The number of rotatable bonds is 2. The molecule has 0 radical (unpaired) electrons. The van der Waals surface area contributed by atoms with Gasteiger partial charge in [-0.05, 0) is 23.2 Å². The van der Waals surface area contributed by atoms with Crippen molar-refractivity contribution in [3.05, 3.63) is 42.0 Å². The topological polar surface area (TPSA) is 17.1 Å². The third kappa shape index (κ3) is 6.64. The third-order valence-electron chi connectivity index (χ3n) is 1.21. The van der Waals surface area contributed by atoms with Crippen LogP contribution in [0, 0.1) is 0 Å². The molecule has 0 atom stereocenters. The van der Waals surface area contributed by atoms with E-state index in [-0.39, 0.29) is 24.8 Å². The Bertz CT molecular complexity index is 269. The summed E-state index contributed by atoms with van der Waals surface area (Å²) >= 11 is 5.10. The van der Waals surface area contributed by atoms with Crippen LogP contribution in [0.4, 0.5) is 0 Å². The van der Waals surface area contributed by atoms with E-state index in [0.717, 1.165) is 5.56 Å². The van der Waals surface area contributed by atoms with Crippen molar-refractivity contribution in [1.82, 2.24) is 0 Å². The van der Waals surface area contributed by atoms with E-state index in [2.05, 4.69) is 0 Å². The maximum Gasteiger partial charge on any atom is 0.245 e. The second kappa shape index (κ2) is 8.11. The van der Waals surface area contributed by atoms with Crippen molar-refractivity contribution in [3.63, 3.8) is 0 Å². The summed E-state index contributed by atoms with van der Waals surface area (Å²) in [6.07, 6.45) is 3.01. The van der Waals surface area contributed by atoms with Gasteiger partial charge in [0.1, 0.15) is 0 Å². The maximum atomic E-state index is 10.3. The van der Waals surface area contributed by atoms with Crippen LogP contribution in [-0.2, 0) is 4.79 Å². The van der Waals surface area contributed by atoms with E-state index in [9.17, 15) is 4.79 Å². The zero-order valence-corrected chi connectivity index (χ0v) is 9.03. The summed E-state index contributed by atoms with van der Waals surface area (Å²) in [5, 5.41) is -0.450. The molecule has 0 aliphatic heterocycles. The minimum atomic E-state index is -0.450. The highest BCUT2D eigenvalue weighted by molar-refractivity contribution is 6.66. The van der Waals surface area contributed by atoms with Crippen molar-refractivity contribution in [1.29, 1.82) is 0 Å². The summed E-state index contributed by atoms with van der Waals surface area (Å²) in [6, 6.07) is 9.52. The number of halogens is 3. The van der Waals surface area contributed by atoms with Gasteiger partial charge in [0.05, 0.1) is 0 Å². The quantitative estimate of drug-likeness (QED) is 0.572. The zero-order chi connectivity index (χ0) is 8.10. The van der Waals surface area contributed by atoms with Crippen molar-refractivity contribution in [2.24, 2.45) is 0 Å². The average Bonchev–Trinajstić information content (AvgIpc) is 2.03. The molecule has 0 spiro atoms. The molecule has 1 aromatic carbocycles. The van der Waals surface area contributed by atoms with Gasteiger partial charge in [0.25, 0.3) is 0 Å². The SMILES string of the molecule is Cl.Cl.O=C(Cl)/C=C/c1ccccc1. The van der Waals surface area contributed by atoms with Crippen LogP contribution in [0.15, 0.2) is 36.4 Å². The van der Waals surface area contributed by atoms with Crippen molar-refractivity contribution in [2.75, 3.05) is 0 Å². The summed E-state index contributed by atoms with van der Waals surface area (Å²) in [7, 11) is 0. The first-order valence-electron chi connectivity index (χ1n) is 3.21. The Labute approximate surface area is 94.6 Å². The van der Waals surface area contributed by atoms with E-state index in [1.165, 1.54) is 6.08 Å². The first-order chi connectivity index (χ1) is 5.29. The van der Waals surface area contributed by atoms with Gasteiger partial charge in [0.15, 0.2) is 0 Å². The van der Waals surface area contributed by atoms with E-state index in [1.807, 2.05) is 30.3 Å². The average molecular weight is 240 g/mol. The minimum Gasteiger partial charge on any atom is -0.276 e. The fraction of sp³-hybridized carbons (Fsp3) is 0.